The van der Waals surface area contributed by atoms with Gasteiger partial charge in [-0.2, -0.15) is 0 Å². The first-order valence-corrected chi connectivity index (χ1v) is 8.13. The van der Waals surface area contributed by atoms with Crippen molar-refractivity contribution in [2.24, 2.45) is 0 Å². The highest BCUT2D eigenvalue weighted by atomic mass is 32.2. The zero-order valence-corrected chi connectivity index (χ0v) is 13.2. The minimum atomic E-state index is -3.77. The number of nitrogens with two attached hydrogens (primary N) is 1. The van der Waals surface area contributed by atoms with Gasteiger partial charge in [0.2, 0.25) is 15.2 Å². The molecule has 0 aliphatic heterocycles. The number of nitrogens with zero attached hydrogens (tertiary/aromatic N) is 4. The fourth-order valence-corrected chi connectivity index (χ4v) is 3.16. The molecule has 0 spiro atoms. The molecule has 0 amide bonds. The van der Waals surface area contributed by atoms with Gasteiger partial charge in [-0.15, -0.1) is 10.2 Å². The molecule has 0 radical (unpaired) electrons. The van der Waals surface area contributed by atoms with E-state index in [1.165, 1.54) is 23.9 Å². The zero-order valence-electron chi connectivity index (χ0n) is 11.5. The Hall–Kier alpha value is -2.18. The molecule has 0 aliphatic carbocycles. The number of benzene rings is 1. The molecule has 1 aromatic carbocycles. The van der Waals surface area contributed by atoms with Crippen molar-refractivity contribution < 1.29 is 13.3 Å². The van der Waals surface area contributed by atoms with E-state index in [0.717, 1.165) is 17.8 Å². The average molecular weight is 344 g/mol. The summed E-state index contributed by atoms with van der Waals surface area (Å²) >= 11 is 0.924. The fourth-order valence-electron chi connectivity index (χ4n) is 1.53. The lowest BCUT2D eigenvalue weighted by molar-refractivity contribution is -0.388. The molecule has 0 saturated carbocycles. The van der Waals surface area contributed by atoms with Gasteiger partial charge in [0.25, 0.3) is 5.69 Å². The topological polar surface area (TPSA) is 146 Å². The van der Waals surface area contributed by atoms with Gasteiger partial charge in [-0.05, 0) is 37.9 Å². The van der Waals surface area contributed by atoms with E-state index < -0.39 is 14.9 Å². The number of aromatic nitrogens is 3. The molecule has 0 aliphatic rings. The molecule has 10 nitrogen and oxygen atoms in total. The number of aryl methyl sites for hydroxylation is 1. The Bertz CT molecular complexity index is 832. The Labute approximate surface area is 129 Å². The van der Waals surface area contributed by atoms with Gasteiger partial charge in [0.05, 0.1) is 14.7 Å². The molecule has 0 bridgehead atoms. The minimum Gasteiger partial charge on any atom is -0.336 e. The number of hydrogen-bond donors (Lipinski definition) is 2. The smallest absolute Gasteiger partial charge is 0.284 e. The lowest BCUT2D eigenvalue weighted by atomic mass is 10.3. The molecule has 2 rings (SSSR count). The van der Waals surface area contributed by atoms with Gasteiger partial charge in [0.1, 0.15) is 5.82 Å². The molecule has 0 fully saturated rings. The predicted octanol–water partition coefficient (Wildman–Crippen LogP) is 0.268. The molecular weight excluding hydrogens is 332 g/mol. The SMILES string of the molecule is CNS(=O)(=O)c1ccc(Sc2nnc(C)n2N)c([N+](=O)[O-])c1. The van der Waals surface area contributed by atoms with Crippen molar-refractivity contribution in [3.8, 4) is 0 Å². The Kier molecular flexibility index (Phi) is 4.35. The second-order valence-corrected chi connectivity index (χ2v) is 6.99. The normalized spacial score (nSPS) is 11.5. The van der Waals surface area contributed by atoms with Crippen LogP contribution in [0.5, 0.6) is 0 Å². The number of nitrogens with one attached hydrogen (secondary N) is 1. The van der Waals surface area contributed by atoms with E-state index in [9.17, 15) is 18.5 Å². The standard InChI is InChI=1S/C10H12N6O4S2/c1-6-13-14-10(15(6)11)21-9-4-3-7(22(19,20)12-2)5-8(9)16(17)18/h3-5,12H,11H2,1-2H3. The van der Waals surface area contributed by atoms with Gasteiger partial charge in [0.15, 0.2) is 0 Å². The van der Waals surface area contributed by atoms with Gasteiger partial charge < -0.3 is 5.84 Å². The molecule has 12 heteroatoms. The number of hydrogen-bond acceptors (Lipinski definition) is 8. The molecule has 3 N–H and O–H groups in total. The lowest BCUT2D eigenvalue weighted by Crippen LogP contribution is -2.18. The van der Waals surface area contributed by atoms with Crippen molar-refractivity contribution in [1.29, 1.82) is 0 Å². The largest absolute Gasteiger partial charge is 0.336 e. The third-order valence-corrected chi connectivity index (χ3v) is 5.18. The highest BCUT2D eigenvalue weighted by Crippen LogP contribution is 2.35. The average Bonchev–Trinajstić information content (AvgIpc) is 2.79. The Morgan fingerprint density at radius 2 is 2.09 bits per heavy atom. The van der Waals surface area contributed by atoms with E-state index in [0.29, 0.717) is 5.82 Å². The molecular formula is C10H12N6O4S2. The molecule has 0 atom stereocenters. The van der Waals surface area contributed by atoms with Crippen molar-refractivity contribution in [2.45, 2.75) is 21.9 Å². The molecule has 1 heterocycles. The molecule has 118 valence electrons. The van der Waals surface area contributed by atoms with Crippen molar-refractivity contribution >= 4 is 27.5 Å². The van der Waals surface area contributed by atoms with Gasteiger partial charge in [-0.3, -0.25) is 10.1 Å². The summed E-state index contributed by atoms with van der Waals surface area (Å²) in [5.74, 6) is 6.14. The summed E-state index contributed by atoms with van der Waals surface area (Å²) < 4.78 is 26.7. The van der Waals surface area contributed by atoms with E-state index in [1.54, 1.807) is 6.92 Å². The van der Waals surface area contributed by atoms with Crippen molar-refractivity contribution in [2.75, 3.05) is 12.9 Å². The minimum absolute atomic E-state index is 0.198. The quantitative estimate of drug-likeness (QED) is 0.446. The van der Waals surface area contributed by atoms with Crippen LogP contribution in [0.15, 0.2) is 33.1 Å². The van der Waals surface area contributed by atoms with Crippen LogP contribution in [0.1, 0.15) is 5.82 Å². The molecule has 22 heavy (non-hydrogen) atoms. The van der Waals surface area contributed by atoms with Crippen molar-refractivity contribution in [3.05, 3.63) is 34.1 Å². The maximum Gasteiger partial charge on any atom is 0.284 e. The second kappa shape index (κ2) is 5.90. The lowest BCUT2D eigenvalue weighted by Gasteiger charge is -2.06. The van der Waals surface area contributed by atoms with Crippen LogP contribution in [0.4, 0.5) is 5.69 Å². The number of nitro benzene ring substituents is 1. The summed E-state index contributed by atoms with van der Waals surface area (Å²) in [5.41, 5.74) is -0.359. The van der Waals surface area contributed by atoms with Crippen LogP contribution in [-0.4, -0.2) is 35.3 Å². The van der Waals surface area contributed by atoms with Crippen LogP contribution in [-0.2, 0) is 10.0 Å². The number of rotatable bonds is 5. The van der Waals surface area contributed by atoms with E-state index in [1.807, 2.05) is 0 Å². The highest BCUT2D eigenvalue weighted by Gasteiger charge is 2.22. The predicted molar refractivity (Wildman–Crippen MR) is 78.4 cm³/mol. The number of nitrogen functional groups attached to an aromatic ring is 1. The molecule has 0 saturated heterocycles. The van der Waals surface area contributed by atoms with Crippen molar-refractivity contribution in [1.82, 2.24) is 19.6 Å². The van der Waals surface area contributed by atoms with E-state index in [2.05, 4.69) is 14.9 Å². The molecule has 0 unspecified atom stereocenters. The third-order valence-electron chi connectivity index (χ3n) is 2.74. The number of sulfonamides is 1. The third kappa shape index (κ3) is 3.03. The first kappa shape index (κ1) is 16.2. The zero-order chi connectivity index (χ0) is 16.5. The van der Waals surface area contributed by atoms with Crippen LogP contribution in [0, 0.1) is 17.0 Å². The first-order valence-electron chi connectivity index (χ1n) is 5.83. The van der Waals surface area contributed by atoms with Crippen LogP contribution >= 0.6 is 11.8 Å². The summed E-state index contributed by atoms with van der Waals surface area (Å²) in [6.07, 6.45) is 0. The van der Waals surface area contributed by atoms with Gasteiger partial charge in [-0.25, -0.2) is 17.8 Å². The second-order valence-electron chi connectivity index (χ2n) is 4.10. The summed E-state index contributed by atoms with van der Waals surface area (Å²) in [6, 6.07) is 3.58. The first-order chi connectivity index (χ1) is 10.3. The van der Waals surface area contributed by atoms with Crippen LogP contribution in [0.2, 0.25) is 0 Å². The van der Waals surface area contributed by atoms with Gasteiger partial charge >= 0.3 is 0 Å². The summed E-state index contributed by atoms with van der Waals surface area (Å²) in [6.45, 7) is 1.63. The fraction of sp³-hybridized carbons (Fsp3) is 0.200. The van der Waals surface area contributed by atoms with Crippen LogP contribution in [0.25, 0.3) is 0 Å². The summed E-state index contributed by atoms with van der Waals surface area (Å²) in [4.78, 5) is 10.5. The van der Waals surface area contributed by atoms with E-state index in [-0.39, 0.29) is 20.6 Å². The van der Waals surface area contributed by atoms with Crippen molar-refractivity contribution in [3.63, 3.8) is 0 Å². The highest BCUT2D eigenvalue weighted by molar-refractivity contribution is 7.99. The summed E-state index contributed by atoms with van der Waals surface area (Å²) in [7, 11) is -2.54. The molecule has 2 aromatic rings. The number of nitro groups is 1. The van der Waals surface area contributed by atoms with Crippen LogP contribution in [0.3, 0.4) is 0 Å². The van der Waals surface area contributed by atoms with E-state index >= 15 is 0 Å². The van der Waals surface area contributed by atoms with E-state index in [4.69, 9.17) is 5.84 Å². The van der Waals surface area contributed by atoms with Gasteiger partial charge in [-0.1, -0.05) is 0 Å². The summed E-state index contributed by atoms with van der Waals surface area (Å²) in [5, 5.41) is 19.0. The van der Waals surface area contributed by atoms with Crippen LogP contribution < -0.4 is 10.6 Å². The maximum absolute atomic E-state index is 11.7. The Balaban J connectivity index is 2.49. The maximum atomic E-state index is 11.7. The molecule has 1 aromatic heterocycles. The van der Waals surface area contributed by atoms with Gasteiger partial charge in [0, 0.05) is 6.07 Å². The Morgan fingerprint density at radius 1 is 1.41 bits per heavy atom. The Morgan fingerprint density at radius 3 is 2.59 bits per heavy atom. The monoisotopic (exact) mass is 344 g/mol.